The fraction of sp³-hybridized carbons (Fsp3) is 0.875. The lowest BCUT2D eigenvalue weighted by Gasteiger charge is -2.39. The van der Waals surface area contributed by atoms with Gasteiger partial charge in [-0.3, -0.25) is 0 Å². The van der Waals surface area contributed by atoms with Crippen LogP contribution in [0.5, 0.6) is 0 Å². The van der Waals surface area contributed by atoms with Crippen LogP contribution in [0.15, 0.2) is 11.1 Å². The molecule has 16 heavy (non-hydrogen) atoms. The van der Waals surface area contributed by atoms with Crippen LogP contribution in [0.4, 0.5) is 0 Å². The number of rotatable bonds is 0. The lowest BCUT2D eigenvalue weighted by Crippen LogP contribution is -2.33. The van der Waals surface area contributed by atoms with Crippen molar-refractivity contribution in [2.24, 2.45) is 41.4 Å². The van der Waals surface area contributed by atoms with E-state index in [0.29, 0.717) is 0 Å². The zero-order chi connectivity index (χ0) is 11.0. The summed E-state index contributed by atoms with van der Waals surface area (Å²) >= 11 is 0. The molecule has 0 N–H and O–H groups in total. The number of hydrogen-bond donors (Lipinski definition) is 0. The molecule has 0 aromatic heterocycles. The van der Waals surface area contributed by atoms with E-state index in [2.05, 4.69) is 20.8 Å². The molecule has 0 spiro atoms. The molecule has 0 heteroatoms. The normalized spacial score (nSPS) is 57.2. The average molecular weight is 216 g/mol. The lowest BCUT2D eigenvalue weighted by molar-refractivity contribution is 0.145. The molecule has 4 bridgehead atoms. The molecule has 0 saturated heterocycles. The molecular formula is C16H24. The smallest absolute Gasteiger partial charge is 0.0161 e. The maximum absolute atomic E-state index is 2.52. The van der Waals surface area contributed by atoms with Gasteiger partial charge in [0, 0.05) is 0 Å². The van der Waals surface area contributed by atoms with E-state index in [0.717, 1.165) is 41.4 Å². The second-order valence-corrected chi connectivity index (χ2v) is 7.24. The molecule has 7 unspecified atom stereocenters. The van der Waals surface area contributed by atoms with Crippen molar-refractivity contribution < 1.29 is 0 Å². The fourth-order valence-corrected chi connectivity index (χ4v) is 6.49. The largest absolute Gasteiger partial charge is 0.0767 e. The Hall–Kier alpha value is -0.260. The predicted molar refractivity (Wildman–Crippen MR) is 66.9 cm³/mol. The second kappa shape index (κ2) is 2.94. The zero-order valence-corrected chi connectivity index (χ0v) is 10.9. The summed E-state index contributed by atoms with van der Waals surface area (Å²) < 4.78 is 0. The number of allylic oxidation sites excluding steroid dienone is 2. The molecule has 4 aliphatic rings. The van der Waals surface area contributed by atoms with E-state index in [1.165, 1.54) is 0 Å². The van der Waals surface area contributed by atoms with Gasteiger partial charge in [-0.2, -0.15) is 0 Å². The summed E-state index contributed by atoms with van der Waals surface area (Å²) in [6, 6.07) is 0. The predicted octanol–water partition coefficient (Wildman–Crippen LogP) is 4.27. The highest BCUT2D eigenvalue weighted by Gasteiger charge is 2.62. The summed E-state index contributed by atoms with van der Waals surface area (Å²) in [7, 11) is 0. The Morgan fingerprint density at radius 1 is 1.00 bits per heavy atom. The Morgan fingerprint density at radius 3 is 2.38 bits per heavy atom. The van der Waals surface area contributed by atoms with Crippen LogP contribution in [0.2, 0.25) is 0 Å². The Morgan fingerprint density at radius 2 is 1.69 bits per heavy atom. The monoisotopic (exact) mass is 216 g/mol. The summed E-state index contributed by atoms with van der Waals surface area (Å²) in [6.45, 7) is 7.23. The van der Waals surface area contributed by atoms with Crippen molar-refractivity contribution >= 4 is 0 Å². The first-order chi connectivity index (χ1) is 7.68. The van der Waals surface area contributed by atoms with Crippen LogP contribution < -0.4 is 0 Å². The van der Waals surface area contributed by atoms with E-state index >= 15 is 0 Å². The summed E-state index contributed by atoms with van der Waals surface area (Å²) in [5, 5.41) is 0. The van der Waals surface area contributed by atoms with Crippen molar-refractivity contribution in [3.05, 3.63) is 11.1 Å². The third-order valence-corrected chi connectivity index (χ3v) is 6.64. The minimum absolute atomic E-state index is 0.926. The Kier molecular flexibility index (Phi) is 1.79. The highest BCUT2D eigenvalue weighted by atomic mass is 14.7. The highest BCUT2D eigenvalue weighted by Crippen LogP contribution is 2.70. The van der Waals surface area contributed by atoms with Gasteiger partial charge in [-0.25, -0.2) is 0 Å². The van der Waals surface area contributed by atoms with Gasteiger partial charge in [-0.1, -0.05) is 18.1 Å². The molecule has 0 aromatic carbocycles. The first kappa shape index (κ1) is 9.74. The minimum Gasteiger partial charge on any atom is -0.0767 e. The van der Waals surface area contributed by atoms with Crippen LogP contribution in [0.3, 0.4) is 0 Å². The van der Waals surface area contributed by atoms with Gasteiger partial charge in [0.25, 0.3) is 0 Å². The quantitative estimate of drug-likeness (QED) is 0.419. The summed E-state index contributed by atoms with van der Waals surface area (Å²) in [6.07, 6.45) is 6.31. The molecule has 0 nitrogen and oxygen atoms in total. The van der Waals surface area contributed by atoms with Gasteiger partial charge in [0.1, 0.15) is 0 Å². The van der Waals surface area contributed by atoms with E-state index in [1.54, 1.807) is 31.3 Å². The van der Waals surface area contributed by atoms with E-state index in [9.17, 15) is 0 Å². The molecule has 0 amide bonds. The van der Waals surface area contributed by atoms with Gasteiger partial charge in [0.15, 0.2) is 0 Å². The van der Waals surface area contributed by atoms with Crippen molar-refractivity contribution in [2.45, 2.75) is 46.5 Å². The Bertz CT molecular complexity index is 360. The van der Waals surface area contributed by atoms with Crippen LogP contribution in [-0.4, -0.2) is 0 Å². The van der Waals surface area contributed by atoms with Crippen molar-refractivity contribution in [3.8, 4) is 0 Å². The molecular weight excluding hydrogens is 192 g/mol. The molecule has 7 atom stereocenters. The molecule has 0 radical (unpaired) electrons. The van der Waals surface area contributed by atoms with Gasteiger partial charge >= 0.3 is 0 Å². The summed E-state index contributed by atoms with van der Waals surface area (Å²) in [4.78, 5) is 0. The van der Waals surface area contributed by atoms with Crippen LogP contribution >= 0.6 is 0 Å². The van der Waals surface area contributed by atoms with Gasteiger partial charge in [-0.15, -0.1) is 0 Å². The third kappa shape index (κ3) is 0.939. The van der Waals surface area contributed by atoms with Crippen molar-refractivity contribution in [3.63, 3.8) is 0 Å². The van der Waals surface area contributed by atoms with E-state index < -0.39 is 0 Å². The molecule has 0 heterocycles. The topological polar surface area (TPSA) is 0 Å². The van der Waals surface area contributed by atoms with Gasteiger partial charge in [-0.05, 0) is 81.0 Å². The van der Waals surface area contributed by atoms with Crippen molar-refractivity contribution in [1.29, 1.82) is 0 Å². The average Bonchev–Trinajstić information content (AvgIpc) is 2.92. The van der Waals surface area contributed by atoms with Crippen molar-refractivity contribution in [2.75, 3.05) is 0 Å². The van der Waals surface area contributed by atoms with Crippen LogP contribution in [-0.2, 0) is 0 Å². The minimum atomic E-state index is 0.926. The number of hydrogen-bond acceptors (Lipinski definition) is 0. The maximum Gasteiger partial charge on any atom is -0.0161 e. The van der Waals surface area contributed by atoms with Gasteiger partial charge in [0.2, 0.25) is 0 Å². The first-order valence-corrected chi connectivity index (χ1v) is 7.35. The molecule has 4 rings (SSSR count). The lowest BCUT2D eigenvalue weighted by atomic mass is 9.65. The fourth-order valence-electron chi connectivity index (χ4n) is 6.49. The maximum atomic E-state index is 2.52. The molecule has 4 aliphatic carbocycles. The first-order valence-electron chi connectivity index (χ1n) is 7.35. The summed E-state index contributed by atoms with van der Waals surface area (Å²) in [5.41, 5.74) is 3.54. The van der Waals surface area contributed by atoms with E-state index in [1.807, 2.05) is 5.57 Å². The number of fused-ring (bicyclic) bond motifs is 9. The van der Waals surface area contributed by atoms with Crippen LogP contribution in [0.25, 0.3) is 0 Å². The zero-order valence-electron chi connectivity index (χ0n) is 10.9. The highest BCUT2D eigenvalue weighted by molar-refractivity contribution is 5.30. The van der Waals surface area contributed by atoms with Crippen molar-refractivity contribution in [1.82, 2.24) is 0 Å². The molecule has 4 saturated carbocycles. The van der Waals surface area contributed by atoms with Crippen LogP contribution in [0.1, 0.15) is 46.5 Å². The van der Waals surface area contributed by atoms with Gasteiger partial charge < -0.3 is 0 Å². The Labute approximate surface area is 99.5 Å². The van der Waals surface area contributed by atoms with Gasteiger partial charge in [0.05, 0.1) is 0 Å². The van der Waals surface area contributed by atoms with E-state index in [4.69, 9.17) is 0 Å². The third-order valence-electron chi connectivity index (χ3n) is 6.64. The molecule has 0 aliphatic heterocycles. The molecule has 0 aromatic rings. The van der Waals surface area contributed by atoms with E-state index in [-0.39, 0.29) is 0 Å². The molecule has 88 valence electrons. The summed E-state index contributed by atoms with van der Waals surface area (Å²) in [5.74, 6) is 7.58. The Balaban J connectivity index is 1.77. The van der Waals surface area contributed by atoms with Crippen LogP contribution in [0, 0.1) is 41.4 Å². The standard InChI is InChI=1S/C16H24/c1-8(2)14-9(3)12-7-13(14)16-11-5-4-10(6-11)15(12)16/h9-13,15-16H,4-7H2,1-3H3. The molecule has 4 fully saturated rings. The second-order valence-electron chi connectivity index (χ2n) is 7.24. The SMILES string of the molecule is CC(C)=C1C(C)C2CC1C1C3CCC(C3)C21.